The lowest BCUT2D eigenvalue weighted by Crippen LogP contribution is -2.02. The van der Waals surface area contributed by atoms with Crippen LogP contribution in [0.4, 0.5) is 0 Å². The van der Waals surface area contributed by atoms with E-state index in [1.807, 2.05) is 26.0 Å². The summed E-state index contributed by atoms with van der Waals surface area (Å²) >= 11 is 5.97. The standard InChI is InChI=1S/C13H14ClN3O/c1-8-5-10(14)6-9(2)13(8)18-12-4-3-11(7-15)16-17-12/h3-6H,7,15H2,1-2H3. The number of nitrogens with zero attached hydrogens (tertiary/aromatic N) is 2. The first-order valence-electron chi connectivity index (χ1n) is 5.57. The van der Waals surface area contributed by atoms with Gasteiger partial charge < -0.3 is 10.5 Å². The molecule has 0 atom stereocenters. The van der Waals surface area contributed by atoms with Crippen molar-refractivity contribution >= 4 is 11.6 Å². The minimum atomic E-state index is 0.367. The molecule has 5 heteroatoms. The number of nitrogens with two attached hydrogens (primary N) is 1. The van der Waals surface area contributed by atoms with Crippen molar-refractivity contribution in [3.05, 3.63) is 46.1 Å². The summed E-state index contributed by atoms with van der Waals surface area (Å²) in [5, 5.41) is 8.60. The maximum Gasteiger partial charge on any atom is 0.238 e. The van der Waals surface area contributed by atoms with Crippen molar-refractivity contribution in [2.75, 3.05) is 0 Å². The van der Waals surface area contributed by atoms with E-state index in [0.717, 1.165) is 22.6 Å². The molecule has 0 aliphatic rings. The normalized spacial score (nSPS) is 10.4. The Bertz CT molecular complexity index is 532. The Hall–Kier alpha value is -1.65. The molecule has 2 N–H and O–H groups in total. The highest BCUT2D eigenvalue weighted by Crippen LogP contribution is 2.30. The van der Waals surface area contributed by atoms with E-state index in [4.69, 9.17) is 22.1 Å². The molecular weight excluding hydrogens is 250 g/mol. The van der Waals surface area contributed by atoms with Gasteiger partial charge in [0, 0.05) is 17.6 Å². The van der Waals surface area contributed by atoms with Crippen molar-refractivity contribution in [2.24, 2.45) is 5.73 Å². The average Bonchev–Trinajstić information content (AvgIpc) is 2.34. The smallest absolute Gasteiger partial charge is 0.238 e. The quantitative estimate of drug-likeness (QED) is 0.925. The van der Waals surface area contributed by atoms with Gasteiger partial charge in [-0.25, -0.2) is 0 Å². The largest absolute Gasteiger partial charge is 0.437 e. The van der Waals surface area contributed by atoms with E-state index in [9.17, 15) is 0 Å². The summed E-state index contributed by atoms with van der Waals surface area (Å²) in [5.74, 6) is 1.20. The van der Waals surface area contributed by atoms with Crippen LogP contribution in [0.5, 0.6) is 11.6 Å². The minimum Gasteiger partial charge on any atom is -0.437 e. The van der Waals surface area contributed by atoms with Crippen LogP contribution in [0, 0.1) is 13.8 Å². The number of hydrogen-bond acceptors (Lipinski definition) is 4. The number of ether oxygens (including phenoxy) is 1. The van der Waals surface area contributed by atoms with Gasteiger partial charge in [-0.05, 0) is 43.2 Å². The first kappa shape index (κ1) is 12.8. The fourth-order valence-electron chi connectivity index (χ4n) is 1.67. The van der Waals surface area contributed by atoms with Gasteiger partial charge in [-0.1, -0.05) is 11.6 Å². The lowest BCUT2D eigenvalue weighted by Gasteiger charge is -2.11. The molecule has 0 amide bonds. The van der Waals surface area contributed by atoms with Gasteiger partial charge in [-0.3, -0.25) is 0 Å². The van der Waals surface area contributed by atoms with E-state index in [1.54, 1.807) is 12.1 Å². The highest BCUT2D eigenvalue weighted by molar-refractivity contribution is 6.30. The van der Waals surface area contributed by atoms with Crippen molar-refractivity contribution in [1.82, 2.24) is 10.2 Å². The van der Waals surface area contributed by atoms with Crippen LogP contribution in [0.3, 0.4) is 0 Å². The Labute approximate surface area is 111 Å². The zero-order valence-electron chi connectivity index (χ0n) is 10.3. The van der Waals surface area contributed by atoms with Gasteiger partial charge in [0.2, 0.25) is 5.88 Å². The van der Waals surface area contributed by atoms with E-state index >= 15 is 0 Å². The van der Waals surface area contributed by atoms with E-state index in [0.29, 0.717) is 17.4 Å². The van der Waals surface area contributed by atoms with Crippen molar-refractivity contribution in [2.45, 2.75) is 20.4 Å². The average molecular weight is 264 g/mol. The van der Waals surface area contributed by atoms with Gasteiger partial charge in [0.05, 0.1) is 5.69 Å². The predicted molar refractivity (Wildman–Crippen MR) is 70.9 cm³/mol. The molecule has 1 aromatic carbocycles. The second-order valence-corrected chi connectivity index (χ2v) is 4.47. The molecule has 0 saturated heterocycles. The van der Waals surface area contributed by atoms with Crippen molar-refractivity contribution < 1.29 is 4.74 Å². The molecule has 4 nitrogen and oxygen atoms in total. The van der Waals surface area contributed by atoms with Crippen molar-refractivity contribution in [3.63, 3.8) is 0 Å². The predicted octanol–water partition coefficient (Wildman–Crippen LogP) is 3.00. The van der Waals surface area contributed by atoms with Gasteiger partial charge in [0.15, 0.2) is 0 Å². The first-order chi connectivity index (χ1) is 8.60. The molecule has 0 saturated carbocycles. The summed E-state index contributed by atoms with van der Waals surface area (Å²) in [6.07, 6.45) is 0. The molecule has 0 fully saturated rings. The van der Waals surface area contributed by atoms with Crippen LogP contribution in [0.25, 0.3) is 0 Å². The molecule has 0 aliphatic carbocycles. The Morgan fingerprint density at radius 3 is 2.33 bits per heavy atom. The minimum absolute atomic E-state index is 0.367. The topological polar surface area (TPSA) is 61.0 Å². The number of hydrogen-bond donors (Lipinski definition) is 1. The van der Waals surface area contributed by atoms with Gasteiger partial charge in [0.25, 0.3) is 0 Å². The zero-order chi connectivity index (χ0) is 13.1. The Morgan fingerprint density at radius 2 is 1.83 bits per heavy atom. The van der Waals surface area contributed by atoms with Gasteiger partial charge in [-0.15, -0.1) is 5.10 Å². The van der Waals surface area contributed by atoms with Crippen LogP contribution >= 0.6 is 11.6 Å². The van der Waals surface area contributed by atoms with Crippen LogP contribution in [0.15, 0.2) is 24.3 Å². The molecule has 0 radical (unpaired) electrons. The lowest BCUT2D eigenvalue weighted by atomic mass is 10.1. The molecule has 18 heavy (non-hydrogen) atoms. The molecule has 1 aromatic heterocycles. The summed E-state index contributed by atoms with van der Waals surface area (Å²) in [5.41, 5.74) is 8.11. The Morgan fingerprint density at radius 1 is 1.17 bits per heavy atom. The second-order valence-electron chi connectivity index (χ2n) is 4.04. The number of benzene rings is 1. The number of rotatable bonds is 3. The fourth-order valence-corrected chi connectivity index (χ4v) is 2.00. The molecule has 2 rings (SSSR count). The van der Waals surface area contributed by atoms with Gasteiger partial charge >= 0.3 is 0 Å². The van der Waals surface area contributed by atoms with Crippen molar-refractivity contribution in [3.8, 4) is 11.6 Å². The molecule has 0 aliphatic heterocycles. The van der Waals surface area contributed by atoms with Gasteiger partial charge in [-0.2, -0.15) is 5.10 Å². The van der Waals surface area contributed by atoms with Gasteiger partial charge in [0.1, 0.15) is 5.75 Å². The Kier molecular flexibility index (Phi) is 3.79. The highest BCUT2D eigenvalue weighted by Gasteiger charge is 2.08. The third-order valence-electron chi connectivity index (χ3n) is 2.54. The molecule has 0 spiro atoms. The van der Waals surface area contributed by atoms with Crippen LogP contribution < -0.4 is 10.5 Å². The summed E-state index contributed by atoms with van der Waals surface area (Å²) in [4.78, 5) is 0. The number of aromatic nitrogens is 2. The summed E-state index contributed by atoms with van der Waals surface area (Å²) in [6, 6.07) is 7.25. The molecule has 0 bridgehead atoms. The van der Waals surface area contributed by atoms with E-state index in [1.165, 1.54) is 0 Å². The number of aryl methyl sites for hydroxylation is 2. The maximum absolute atomic E-state index is 5.97. The molecule has 0 unspecified atom stereocenters. The fraction of sp³-hybridized carbons (Fsp3) is 0.231. The van der Waals surface area contributed by atoms with Crippen LogP contribution in [0.2, 0.25) is 5.02 Å². The summed E-state index contributed by atoms with van der Waals surface area (Å²) < 4.78 is 5.72. The molecule has 1 heterocycles. The SMILES string of the molecule is Cc1cc(Cl)cc(C)c1Oc1ccc(CN)nn1. The van der Waals surface area contributed by atoms with E-state index < -0.39 is 0 Å². The third-order valence-corrected chi connectivity index (χ3v) is 2.75. The monoisotopic (exact) mass is 263 g/mol. The van der Waals surface area contributed by atoms with Crippen LogP contribution in [0.1, 0.15) is 16.8 Å². The Balaban J connectivity index is 2.28. The highest BCUT2D eigenvalue weighted by atomic mass is 35.5. The molecular formula is C13H14ClN3O. The first-order valence-corrected chi connectivity index (χ1v) is 5.95. The van der Waals surface area contributed by atoms with Crippen molar-refractivity contribution in [1.29, 1.82) is 0 Å². The zero-order valence-corrected chi connectivity index (χ0v) is 11.0. The maximum atomic E-state index is 5.97. The lowest BCUT2D eigenvalue weighted by molar-refractivity contribution is 0.447. The second kappa shape index (κ2) is 5.33. The number of halogens is 1. The van der Waals surface area contributed by atoms with Crippen LogP contribution in [-0.2, 0) is 6.54 Å². The molecule has 2 aromatic rings. The van der Waals surface area contributed by atoms with E-state index in [-0.39, 0.29) is 0 Å². The summed E-state index contributed by atoms with van der Waals surface area (Å²) in [6.45, 7) is 4.25. The molecule has 94 valence electrons. The third kappa shape index (κ3) is 2.78. The van der Waals surface area contributed by atoms with E-state index in [2.05, 4.69) is 10.2 Å². The van der Waals surface area contributed by atoms with Crippen LogP contribution in [-0.4, -0.2) is 10.2 Å². The summed E-state index contributed by atoms with van der Waals surface area (Å²) in [7, 11) is 0.